The van der Waals surface area contributed by atoms with Crippen molar-refractivity contribution >= 4 is 17.7 Å². The average molecular weight is 326 g/mol. The number of unbranched alkanes of at least 4 members (excludes halogenated alkanes) is 1. The zero-order valence-electron chi connectivity index (χ0n) is 13.3. The highest BCUT2D eigenvalue weighted by molar-refractivity contribution is 5.73. The Balaban J connectivity index is 0.00000149. The number of hydrogen-bond donors (Lipinski definition) is 5. The lowest BCUT2D eigenvalue weighted by atomic mass is 10.1. The van der Waals surface area contributed by atoms with Crippen LogP contribution in [-0.2, 0) is 4.79 Å². The first-order chi connectivity index (χ1) is 10.9. The molecule has 0 aliphatic heterocycles. The van der Waals surface area contributed by atoms with Crippen molar-refractivity contribution in [2.24, 2.45) is 11.5 Å². The summed E-state index contributed by atoms with van der Waals surface area (Å²) in [5, 5.41) is 11.2. The van der Waals surface area contributed by atoms with Crippen LogP contribution in [0.4, 0.5) is 10.5 Å². The van der Waals surface area contributed by atoms with Gasteiger partial charge < -0.3 is 32.4 Å². The number of rotatable bonds is 7. The van der Waals surface area contributed by atoms with E-state index >= 15 is 0 Å². The largest absolute Gasteiger partial charge is 0.480 e. The second-order valence-electron chi connectivity index (χ2n) is 4.73. The molecule has 130 valence electrons. The Morgan fingerprint density at radius 3 is 2.35 bits per heavy atom. The lowest BCUT2D eigenvalue weighted by molar-refractivity contribution is -0.138. The molecule has 1 amide bonds. The summed E-state index contributed by atoms with van der Waals surface area (Å²) >= 11 is 0. The van der Waals surface area contributed by atoms with Gasteiger partial charge in [0.15, 0.2) is 0 Å². The van der Waals surface area contributed by atoms with Crippen LogP contribution in [0.2, 0.25) is 0 Å². The molecule has 0 radical (unpaired) electrons. The smallest absolute Gasteiger partial charge is 0.412 e. The summed E-state index contributed by atoms with van der Waals surface area (Å²) in [6.07, 6.45) is 1.08. The molecule has 1 rings (SSSR count). The van der Waals surface area contributed by atoms with Crippen LogP contribution in [0.1, 0.15) is 26.2 Å². The van der Waals surface area contributed by atoms with E-state index in [1.165, 1.54) is 0 Å². The van der Waals surface area contributed by atoms with Crippen LogP contribution in [0.3, 0.4) is 0 Å². The van der Waals surface area contributed by atoms with Crippen molar-refractivity contribution < 1.29 is 19.4 Å². The molecular formula is C15H26N4O4. The van der Waals surface area contributed by atoms with Crippen LogP contribution in [0.5, 0.6) is 5.75 Å². The molecule has 0 bridgehead atoms. The van der Waals surface area contributed by atoms with E-state index in [9.17, 15) is 9.59 Å². The molecule has 1 aromatic rings. The van der Waals surface area contributed by atoms with Gasteiger partial charge in [0, 0.05) is 12.2 Å². The van der Waals surface area contributed by atoms with Crippen molar-refractivity contribution in [2.75, 3.05) is 18.8 Å². The van der Waals surface area contributed by atoms with Crippen LogP contribution in [0.25, 0.3) is 0 Å². The minimum absolute atomic E-state index is 0.379. The fourth-order valence-corrected chi connectivity index (χ4v) is 1.48. The summed E-state index contributed by atoms with van der Waals surface area (Å²) in [6, 6.07) is 5.62. The third-order valence-electron chi connectivity index (χ3n) is 2.62. The predicted molar refractivity (Wildman–Crippen MR) is 89.1 cm³/mol. The molecular weight excluding hydrogens is 300 g/mol. The number of amides is 1. The molecule has 1 atom stereocenters. The quantitative estimate of drug-likeness (QED) is 0.368. The van der Waals surface area contributed by atoms with E-state index in [0.29, 0.717) is 37.2 Å². The maximum absolute atomic E-state index is 11.4. The van der Waals surface area contributed by atoms with Crippen molar-refractivity contribution in [3.8, 4) is 5.75 Å². The molecule has 0 spiro atoms. The fraction of sp³-hybridized carbons (Fsp3) is 0.467. The van der Waals surface area contributed by atoms with Crippen molar-refractivity contribution in [1.82, 2.24) is 5.32 Å². The summed E-state index contributed by atoms with van der Waals surface area (Å²) < 4.78 is 5.01. The van der Waals surface area contributed by atoms with E-state index in [0.717, 1.165) is 6.54 Å². The van der Waals surface area contributed by atoms with Crippen LogP contribution in [-0.4, -0.2) is 36.3 Å². The van der Waals surface area contributed by atoms with Crippen molar-refractivity contribution in [2.45, 2.75) is 32.2 Å². The summed E-state index contributed by atoms with van der Waals surface area (Å²) in [7, 11) is 0. The average Bonchev–Trinajstić information content (AvgIpc) is 2.49. The van der Waals surface area contributed by atoms with E-state index in [4.69, 9.17) is 27.0 Å². The predicted octanol–water partition coefficient (Wildman–Crippen LogP) is 0.904. The molecule has 0 aliphatic rings. The Kier molecular flexibility index (Phi) is 11.0. The third-order valence-corrected chi connectivity index (χ3v) is 2.62. The molecule has 1 unspecified atom stereocenters. The second kappa shape index (κ2) is 12.2. The van der Waals surface area contributed by atoms with Gasteiger partial charge in [-0.3, -0.25) is 4.79 Å². The maximum atomic E-state index is 11.4. The van der Waals surface area contributed by atoms with Gasteiger partial charge in [0.2, 0.25) is 0 Å². The number of nitrogen functional groups attached to an aromatic ring is 1. The molecule has 0 saturated carbocycles. The minimum atomic E-state index is -1.01. The van der Waals surface area contributed by atoms with E-state index in [1.54, 1.807) is 24.3 Å². The minimum Gasteiger partial charge on any atom is -0.480 e. The van der Waals surface area contributed by atoms with Gasteiger partial charge in [0.25, 0.3) is 0 Å². The van der Waals surface area contributed by atoms with Crippen molar-refractivity contribution in [3.63, 3.8) is 0 Å². The zero-order chi connectivity index (χ0) is 17.7. The zero-order valence-corrected chi connectivity index (χ0v) is 13.3. The second-order valence-corrected chi connectivity index (χ2v) is 4.73. The van der Waals surface area contributed by atoms with Crippen molar-refractivity contribution in [3.05, 3.63) is 24.3 Å². The number of carbonyl (C=O) groups excluding carboxylic acids is 1. The standard InChI is InChI=1S/C13H19N3O4.C2H7N/c14-9-4-6-10(7-5-9)20-13(19)16-8-2-1-3-11(15)12(17)18;1-2-3/h4-7,11H,1-3,8,14-15H2,(H,16,19)(H,17,18);2-3H2,1H3. The molecule has 0 heterocycles. The van der Waals surface area contributed by atoms with Gasteiger partial charge in [-0.05, 0) is 50.1 Å². The molecule has 8 N–H and O–H groups in total. The lowest BCUT2D eigenvalue weighted by Crippen LogP contribution is -2.31. The van der Waals surface area contributed by atoms with Gasteiger partial charge in [0.1, 0.15) is 11.8 Å². The molecule has 23 heavy (non-hydrogen) atoms. The summed E-state index contributed by atoms with van der Waals surface area (Å²) in [5.74, 6) is -0.606. The number of anilines is 1. The molecule has 8 heteroatoms. The summed E-state index contributed by atoms with van der Waals surface area (Å²) in [4.78, 5) is 21.9. The Bertz CT molecular complexity index is 465. The number of nitrogens with two attached hydrogens (primary N) is 3. The van der Waals surface area contributed by atoms with Crippen LogP contribution in [0.15, 0.2) is 24.3 Å². The monoisotopic (exact) mass is 326 g/mol. The van der Waals surface area contributed by atoms with Crippen LogP contribution >= 0.6 is 0 Å². The normalized spacial score (nSPS) is 10.9. The number of aliphatic carboxylic acids is 1. The van der Waals surface area contributed by atoms with Gasteiger partial charge in [-0.15, -0.1) is 0 Å². The lowest BCUT2D eigenvalue weighted by Gasteiger charge is -2.08. The molecule has 0 aromatic heterocycles. The van der Waals surface area contributed by atoms with E-state index in [2.05, 4.69) is 5.32 Å². The van der Waals surface area contributed by atoms with E-state index in [-0.39, 0.29) is 0 Å². The van der Waals surface area contributed by atoms with E-state index < -0.39 is 18.1 Å². The maximum Gasteiger partial charge on any atom is 0.412 e. The topological polar surface area (TPSA) is 154 Å². The van der Waals surface area contributed by atoms with Crippen molar-refractivity contribution in [1.29, 1.82) is 0 Å². The highest BCUT2D eigenvalue weighted by atomic mass is 16.6. The fourth-order valence-electron chi connectivity index (χ4n) is 1.48. The van der Waals surface area contributed by atoms with Gasteiger partial charge in [-0.25, -0.2) is 4.79 Å². The highest BCUT2D eigenvalue weighted by Crippen LogP contribution is 2.12. The highest BCUT2D eigenvalue weighted by Gasteiger charge is 2.10. The first kappa shape index (κ1) is 20.7. The van der Waals surface area contributed by atoms with E-state index in [1.807, 2.05) is 6.92 Å². The Labute approximate surface area is 136 Å². The third kappa shape index (κ3) is 11.0. The first-order valence-electron chi connectivity index (χ1n) is 7.40. The van der Waals surface area contributed by atoms with Gasteiger partial charge in [-0.1, -0.05) is 6.92 Å². The summed E-state index contributed by atoms with van der Waals surface area (Å²) in [6.45, 7) is 3.06. The Morgan fingerprint density at radius 1 is 1.26 bits per heavy atom. The first-order valence-corrected chi connectivity index (χ1v) is 7.40. The number of carbonyl (C=O) groups is 2. The molecule has 0 saturated heterocycles. The summed E-state index contributed by atoms with van der Waals surface area (Å²) in [5.41, 5.74) is 16.3. The molecule has 8 nitrogen and oxygen atoms in total. The van der Waals surface area contributed by atoms with Gasteiger partial charge in [0.05, 0.1) is 0 Å². The number of ether oxygens (including phenoxy) is 1. The van der Waals surface area contributed by atoms with Gasteiger partial charge in [-0.2, -0.15) is 0 Å². The Hall–Kier alpha value is -2.32. The number of nitrogens with one attached hydrogen (secondary N) is 1. The number of hydrogen-bond acceptors (Lipinski definition) is 6. The number of carboxylic acid groups (broad SMARTS) is 1. The number of benzene rings is 1. The Morgan fingerprint density at radius 2 is 1.83 bits per heavy atom. The molecule has 0 aliphatic carbocycles. The van der Waals surface area contributed by atoms with Crippen LogP contribution in [0, 0.1) is 0 Å². The van der Waals surface area contributed by atoms with Gasteiger partial charge >= 0.3 is 12.1 Å². The van der Waals surface area contributed by atoms with Crippen LogP contribution < -0.4 is 27.3 Å². The molecule has 1 aromatic carbocycles. The molecule has 0 fully saturated rings. The SMILES string of the molecule is CCN.Nc1ccc(OC(=O)NCCCCC(N)C(=O)O)cc1. The number of carboxylic acids is 1.